The molecule has 3 rings (SSSR count). The molecule has 1 aromatic carbocycles. The normalized spacial score (nSPS) is 19.5. The highest BCUT2D eigenvalue weighted by Gasteiger charge is 2.41. The van der Waals surface area contributed by atoms with Crippen molar-refractivity contribution in [3.63, 3.8) is 0 Å². The van der Waals surface area contributed by atoms with Gasteiger partial charge in [0.2, 0.25) is 5.91 Å². The first-order valence-corrected chi connectivity index (χ1v) is 9.38. The summed E-state index contributed by atoms with van der Waals surface area (Å²) in [5.74, 6) is 1.63. The first kappa shape index (κ1) is 18.5. The molecule has 1 aromatic rings. The zero-order valence-electron chi connectivity index (χ0n) is 15.7. The van der Waals surface area contributed by atoms with Crippen molar-refractivity contribution in [3.05, 3.63) is 24.3 Å². The van der Waals surface area contributed by atoms with E-state index in [1.165, 1.54) is 0 Å². The largest absolute Gasteiger partial charge is 0.497 e. The van der Waals surface area contributed by atoms with E-state index in [0.717, 1.165) is 45.4 Å². The predicted octanol–water partition coefficient (Wildman–Crippen LogP) is 2.33. The first-order valence-electron chi connectivity index (χ1n) is 9.38. The molecular formula is C20H28N2O4. The second kappa shape index (κ2) is 7.98. The molecule has 6 nitrogen and oxygen atoms in total. The number of carbonyl (C=O) groups excluding carboxylic acids is 2. The molecule has 2 saturated heterocycles. The summed E-state index contributed by atoms with van der Waals surface area (Å²) >= 11 is 0. The summed E-state index contributed by atoms with van der Waals surface area (Å²) < 4.78 is 10.8. The molecule has 0 saturated carbocycles. The number of piperidine rings is 2. The second-order valence-electron chi connectivity index (χ2n) is 7.26. The van der Waals surface area contributed by atoms with Crippen molar-refractivity contribution in [3.8, 4) is 11.5 Å². The zero-order chi connectivity index (χ0) is 18.6. The lowest BCUT2D eigenvalue weighted by Gasteiger charge is -2.47. The quantitative estimate of drug-likeness (QED) is 0.809. The van der Waals surface area contributed by atoms with Crippen LogP contribution in [0.1, 0.15) is 32.6 Å². The Labute approximate surface area is 155 Å². The van der Waals surface area contributed by atoms with Crippen molar-refractivity contribution in [1.82, 2.24) is 9.80 Å². The maximum absolute atomic E-state index is 12.5. The van der Waals surface area contributed by atoms with E-state index in [9.17, 15) is 9.59 Å². The fourth-order valence-corrected chi connectivity index (χ4v) is 3.96. The number of carbonyl (C=O) groups is 2. The van der Waals surface area contributed by atoms with E-state index < -0.39 is 0 Å². The number of likely N-dealkylation sites (tertiary alicyclic amines) is 2. The summed E-state index contributed by atoms with van der Waals surface area (Å²) in [6, 6.07) is 7.27. The van der Waals surface area contributed by atoms with E-state index in [-0.39, 0.29) is 23.8 Å². The monoisotopic (exact) mass is 360 g/mol. The van der Waals surface area contributed by atoms with Gasteiger partial charge in [-0.05, 0) is 43.7 Å². The highest BCUT2D eigenvalue weighted by molar-refractivity contribution is 5.78. The van der Waals surface area contributed by atoms with Crippen LogP contribution in [0.5, 0.6) is 11.5 Å². The van der Waals surface area contributed by atoms with Crippen LogP contribution < -0.4 is 9.47 Å². The molecule has 6 heteroatoms. The molecule has 2 aliphatic heterocycles. The van der Waals surface area contributed by atoms with Gasteiger partial charge in [0, 0.05) is 38.7 Å². The summed E-state index contributed by atoms with van der Waals surface area (Å²) in [7, 11) is 1.60. The number of amides is 2. The highest BCUT2D eigenvalue weighted by atomic mass is 16.5. The van der Waals surface area contributed by atoms with E-state index in [1.54, 1.807) is 13.2 Å². The van der Waals surface area contributed by atoms with Gasteiger partial charge in [0.25, 0.3) is 5.91 Å². The standard InChI is InChI=1S/C20H28N2O4/c1-3-21-15-20(8-7-18(21)23)9-11-22(12-10-20)19(24)14-26-17-6-4-5-16(13-17)25-2/h4-6,13H,3,7-12,14-15H2,1-2H3. The van der Waals surface area contributed by atoms with Crippen molar-refractivity contribution in [2.75, 3.05) is 39.9 Å². The lowest BCUT2D eigenvalue weighted by Crippen LogP contribution is -2.52. The average molecular weight is 360 g/mol. The van der Waals surface area contributed by atoms with Gasteiger partial charge in [-0.3, -0.25) is 9.59 Å². The van der Waals surface area contributed by atoms with Crippen LogP contribution in [0.3, 0.4) is 0 Å². The van der Waals surface area contributed by atoms with Gasteiger partial charge in [-0.2, -0.15) is 0 Å². The van der Waals surface area contributed by atoms with Crippen LogP contribution in [0.25, 0.3) is 0 Å². The molecule has 2 aliphatic rings. The van der Waals surface area contributed by atoms with E-state index in [4.69, 9.17) is 9.47 Å². The fourth-order valence-electron chi connectivity index (χ4n) is 3.96. The van der Waals surface area contributed by atoms with Gasteiger partial charge in [0.1, 0.15) is 11.5 Å². The molecule has 142 valence electrons. The number of ether oxygens (including phenoxy) is 2. The molecule has 0 atom stereocenters. The maximum Gasteiger partial charge on any atom is 0.260 e. The van der Waals surface area contributed by atoms with Crippen molar-refractivity contribution in [1.29, 1.82) is 0 Å². The van der Waals surface area contributed by atoms with Gasteiger partial charge < -0.3 is 19.3 Å². The fraction of sp³-hybridized carbons (Fsp3) is 0.600. The van der Waals surface area contributed by atoms with Crippen LogP contribution in [0.15, 0.2) is 24.3 Å². The van der Waals surface area contributed by atoms with Crippen LogP contribution in [-0.2, 0) is 9.59 Å². The number of methoxy groups -OCH3 is 1. The summed E-state index contributed by atoms with van der Waals surface area (Å²) in [4.78, 5) is 28.3. The molecule has 0 radical (unpaired) electrons. The van der Waals surface area contributed by atoms with Gasteiger partial charge in [-0.25, -0.2) is 0 Å². The summed E-state index contributed by atoms with van der Waals surface area (Å²) in [6.07, 6.45) is 3.51. The molecule has 0 bridgehead atoms. The Morgan fingerprint density at radius 2 is 1.92 bits per heavy atom. The predicted molar refractivity (Wildman–Crippen MR) is 98.2 cm³/mol. The van der Waals surface area contributed by atoms with Crippen LogP contribution in [0.4, 0.5) is 0 Å². The van der Waals surface area contributed by atoms with E-state index in [2.05, 4.69) is 0 Å². The lowest BCUT2D eigenvalue weighted by atomic mass is 9.72. The summed E-state index contributed by atoms with van der Waals surface area (Å²) in [5, 5.41) is 0. The van der Waals surface area contributed by atoms with E-state index in [0.29, 0.717) is 17.9 Å². The van der Waals surface area contributed by atoms with Crippen molar-refractivity contribution in [2.24, 2.45) is 5.41 Å². The molecule has 0 N–H and O–H groups in total. The minimum absolute atomic E-state index is 0.0157. The van der Waals surface area contributed by atoms with Gasteiger partial charge in [-0.1, -0.05) is 6.07 Å². The number of rotatable bonds is 5. The Balaban J connectivity index is 1.49. The molecule has 1 spiro atoms. The van der Waals surface area contributed by atoms with Crippen molar-refractivity contribution in [2.45, 2.75) is 32.6 Å². The third-order valence-electron chi connectivity index (χ3n) is 5.71. The molecular weight excluding hydrogens is 332 g/mol. The van der Waals surface area contributed by atoms with Gasteiger partial charge in [0.15, 0.2) is 6.61 Å². The third-order valence-corrected chi connectivity index (χ3v) is 5.71. The minimum Gasteiger partial charge on any atom is -0.497 e. The third kappa shape index (κ3) is 4.11. The van der Waals surface area contributed by atoms with Crippen molar-refractivity contribution < 1.29 is 19.1 Å². The molecule has 2 heterocycles. The Bertz CT molecular complexity index is 653. The Kier molecular flexibility index (Phi) is 5.69. The smallest absolute Gasteiger partial charge is 0.260 e. The molecule has 0 aliphatic carbocycles. The molecule has 0 unspecified atom stereocenters. The Hall–Kier alpha value is -2.24. The van der Waals surface area contributed by atoms with Gasteiger partial charge >= 0.3 is 0 Å². The lowest BCUT2D eigenvalue weighted by molar-refractivity contribution is -0.143. The average Bonchev–Trinajstić information content (AvgIpc) is 2.69. The highest BCUT2D eigenvalue weighted by Crippen LogP contribution is 2.40. The number of nitrogens with zero attached hydrogens (tertiary/aromatic N) is 2. The SMILES string of the molecule is CCN1CC2(CCC1=O)CCN(C(=O)COc1cccc(OC)c1)CC2. The summed E-state index contributed by atoms with van der Waals surface area (Å²) in [5.41, 5.74) is 0.189. The topological polar surface area (TPSA) is 59.1 Å². The molecule has 2 amide bonds. The summed E-state index contributed by atoms with van der Waals surface area (Å²) in [6.45, 7) is 5.17. The van der Waals surface area contributed by atoms with Crippen LogP contribution >= 0.6 is 0 Å². The zero-order valence-corrected chi connectivity index (χ0v) is 15.7. The van der Waals surface area contributed by atoms with Gasteiger partial charge in [-0.15, -0.1) is 0 Å². The Morgan fingerprint density at radius 3 is 2.62 bits per heavy atom. The minimum atomic E-state index is 0.0157. The molecule has 0 aromatic heterocycles. The van der Waals surface area contributed by atoms with Crippen LogP contribution in [0.2, 0.25) is 0 Å². The second-order valence-corrected chi connectivity index (χ2v) is 7.26. The van der Waals surface area contributed by atoms with Gasteiger partial charge in [0.05, 0.1) is 7.11 Å². The van der Waals surface area contributed by atoms with Crippen LogP contribution in [0, 0.1) is 5.41 Å². The van der Waals surface area contributed by atoms with Crippen molar-refractivity contribution >= 4 is 11.8 Å². The maximum atomic E-state index is 12.5. The number of hydrogen-bond donors (Lipinski definition) is 0. The van der Waals surface area contributed by atoms with Crippen LogP contribution in [-0.4, -0.2) is 61.5 Å². The number of hydrogen-bond acceptors (Lipinski definition) is 4. The first-order chi connectivity index (χ1) is 12.5. The number of benzene rings is 1. The molecule has 26 heavy (non-hydrogen) atoms. The Morgan fingerprint density at radius 1 is 1.19 bits per heavy atom. The van der Waals surface area contributed by atoms with E-state index >= 15 is 0 Å². The molecule has 2 fully saturated rings. The van der Waals surface area contributed by atoms with E-state index in [1.807, 2.05) is 34.9 Å².